The third-order valence-corrected chi connectivity index (χ3v) is 5.01. The van der Waals surface area contributed by atoms with Crippen LogP contribution in [-0.4, -0.2) is 20.7 Å². The monoisotopic (exact) mass is 430 g/mol. The van der Waals surface area contributed by atoms with Crippen molar-refractivity contribution in [2.24, 2.45) is 5.41 Å². The van der Waals surface area contributed by atoms with Crippen molar-refractivity contribution in [3.05, 3.63) is 68.8 Å². The Morgan fingerprint density at radius 3 is 2.53 bits per heavy atom. The smallest absolute Gasteiger partial charge is 0.348 e. The Morgan fingerprint density at radius 1 is 1.20 bits per heavy atom. The minimum Gasteiger partial charge on any atom is -0.352 e. The van der Waals surface area contributed by atoms with Crippen molar-refractivity contribution < 1.29 is 9.18 Å². The summed E-state index contributed by atoms with van der Waals surface area (Å²) in [7, 11) is 0. The van der Waals surface area contributed by atoms with Gasteiger partial charge in [0.15, 0.2) is 5.82 Å². The van der Waals surface area contributed by atoms with Gasteiger partial charge in [-0.1, -0.05) is 51.4 Å². The van der Waals surface area contributed by atoms with Crippen LogP contribution in [0.4, 0.5) is 4.39 Å². The number of amides is 1. The molecule has 1 heterocycles. The van der Waals surface area contributed by atoms with Gasteiger partial charge in [-0.25, -0.2) is 9.18 Å². The van der Waals surface area contributed by atoms with E-state index in [-0.39, 0.29) is 23.8 Å². The molecule has 0 aliphatic carbocycles. The highest BCUT2D eigenvalue weighted by Crippen LogP contribution is 2.24. The van der Waals surface area contributed by atoms with Crippen molar-refractivity contribution in [2.45, 2.75) is 40.7 Å². The van der Waals surface area contributed by atoms with Crippen LogP contribution in [0.15, 0.2) is 41.2 Å². The zero-order valence-corrected chi connectivity index (χ0v) is 18.1. The molecule has 3 rings (SSSR count). The van der Waals surface area contributed by atoms with E-state index in [4.69, 9.17) is 11.6 Å². The topological polar surface area (TPSA) is 79.8 Å². The van der Waals surface area contributed by atoms with E-state index in [0.717, 1.165) is 15.8 Å². The van der Waals surface area contributed by atoms with Gasteiger partial charge in [-0.2, -0.15) is 4.68 Å². The standard InChI is InChI=1S/C22H24ClFN4O2/c1-5-13-6-8-15(17(24)10-13)19-26-21(30)28(27-19)18-11-14(7-9-16(18)23)12-25-20(29)22(2,3)4/h6-11H,5,12H2,1-4H3,(H,25,29)(H,26,27,30). The molecule has 3 aromatic rings. The summed E-state index contributed by atoms with van der Waals surface area (Å²) in [5, 5.41) is 7.40. The number of aromatic nitrogens is 3. The fourth-order valence-corrected chi connectivity index (χ4v) is 3.06. The Kier molecular flexibility index (Phi) is 6.12. The summed E-state index contributed by atoms with van der Waals surface area (Å²) in [6.45, 7) is 7.69. The van der Waals surface area contributed by atoms with Crippen LogP contribution in [0.1, 0.15) is 38.8 Å². The number of carbonyl (C=O) groups excluding carboxylic acids is 1. The molecule has 0 fully saturated rings. The number of nitrogens with zero attached hydrogens (tertiary/aromatic N) is 2. The van der Waals surface area contributed by atoms with E-state index in [2.05, 4.69) is 15.4 Å². The zero-order valence-electron chi connectivity index (χ0n) is 17.3. The Balaban J connectivity index is 1.93. The minimum absolute atomic E-state index is 0.0933. The van der Waals surface area contributed by atoms with Crippen molar-refractivity contribution >= 4 is 17.5 Å². The highest BCUT2D eigenvalue weighted by molar-refractivity contribution is 6.32. The van der Waals surface area contributed by atoms with Gasteiger partial charge in [-0.05, 0) is 41.8 Å². The summed E-state index contributed by atoms with van der Waals surface area (Å²) in [6, 6.07) is 9.88. The molecule has 0 saturated carbocycles. The molecule has 0 radical (unpaired) electrons. The number of benzene rings is 2. The van der Waals surface area contributed by atoms with Crippen molar-refractivity contribution in [3.8, 4) is 17.1 Å². The number of hydrogen-bond donors (Lipinski definition) is 2. The van der Waals surface area contributed by atoms with Crippen molar-refractivity contribution in [3.63, 3.8) is 0 Å². The normalized spacial score (nSPS) is 11.5. The molecular weight excluding hydrogens is 407 g/mol. The van der Waals surface area contributed by atoms with Crippen LogP contribution in [0.25, 0.3) is 17.1 Å². The molecule has 1 amide bonds. The summed E-state index contributed by atoms with van der Waals surface area (Å²) in [5.41, 5.74) is 1.10. The Morgan fingerprint density at radius 2 is 1.90 bits per heavy atom. The first-order valence-corrected chi connectivity index (χ1v) is 10.0. The molecule has 0 aliphatic heterocycles. The second-order valence-corrected chi connectivity index (χ2v) is 8.48. The number of rotatable bonds is 5. The molecule has 0 bridgehead atoms. The highest BCUT2D eigenvalue weighted by Gasteiger charge is 2.21. The van der Waals surface area contributed by atoms with Gasteiger partial charge >= 0.3 is 5.69 Å². The van der Waals surface area contributed by atoms with Crippen LogP contribution in [0.3, 0.4) is 0 Å². The van der Waals surface area contributed by atoms with E-state index in [1.54, 1.807) is 30.3 Å². The van der Waals surface area contributed by atoms with E-state index in [0.29, 0.717) is 17.1 Å². The van der Waals surface area contributed by atoms with Gasteiger partial charge in [0.2, 0.25) is 5.91 Å². The van der Waals surface area contributed by atoms with Crippen LogP contribution >= 0.6 is 11.6 Å². The van der Waals surface area contributed by atoms with Gasteiger partial charge < -0.3 is 5.32 Å². The van der Waals surface area contributed by atoms with E-state index < -0.39 is 16.9 Å². The maximum absolute atomic E-state index is 14.4. The molecular formula is C22H24ClFN4O2. The van der Waals surface area contributed by atoms with E-state index in [1.807, 2.05) is 27.7 Å². The van der Waals surface area contributed by atoms with E-state index in [9.17, 15) is 14.0 Å². The summed E-state index contributed by atoms with van der Waals surface area (Å²) < 4.78 is 15.5. The molecule has 30 heavy (non-hydrogen) atoms. The third-order valence-electron chi connectivity index (χ3n) is 4.69. The summed E-state index contributed by atoms with van der Waals surface area (Å²) in [5.74, 6) is -0.438. The summed E-state index contributed by atoms with van der Waals surface area (Å²) >= 11 is 6.29. The predicted octanol–water partition coefficient (Wildman–Crippen LogP) is 4.24. The number of hydrogen-bond acceptors (Lipinski definition) is 3. The molecule has 2 aromatic carbocycles. The third kappa shape index (κ3) is 4.62. The van der Waals surface area contributed by atoms with E-state index in [1.165, 1.54) is 6.07 Å². The quantitative estimate of drug-likeness (QED) is 0.635. The minimum atomic E-state index is -0.540. The van der Waals surface area contributed by atoms with Gasteiger partial charge in [0.25, 0.3) is 0 Å². The van der Waals surface area contributed by atoms with Crippen LogP contribution in [0, 0.1) is 11.2 Å². The lowest BCUT2D eigenvalue weighted by atomic mass is 9.95. The predicted molar refractivity (Wildman–Crippen MR) is 115 cm³/mol. The van der Waals surface area contributed by atoms with Crippen molar-refractivity contribution in [2.75, 3.05) is 0 Å². The molecule has 0 saturated heterocycles. The summed E-state index contributed by atoms with van der Waals surface area (Å²) in [6.07, 6.45) is 0.705. The maximum Gasteiger partial charge on any atom is 0.348 e. The fraction of sp³-hybridized carbons (Fsp3) is 0.318. The second kappa shape index (κ2) is 8.44. The molecule has 6 nitrogen and oxygen atoms in total. The first-order chi connectivity index (χ1) is 14.1. The van der Waals surface area contributed by atoms with Gasteiger partial charge in [0.1, 0.15) is 5.82 Å². The molecule has 0 unspecified atom stereocenters. The second-order valence-electron chi connectivity index (χ2n) is 8.08. The molecule has 0 atom stereocenters. The van der Waals surface area contributed by atoms with Gasteiger partial charge in [0, 0.05) is 12.0 Å². The van der Waals surface area contributed by atoms with Gasteiger partial charge in [-0.3, -0.25) is 9.78 Å². The molecule has 0 aliphatic rings. The lowest BCUT2D eigenvalue weighted by molar-refractivity contribution is -0.128. The number of nitrogens with one attached hydrogen (secondary N) is 2. The van der Waals surface area contributed by atoms with Gasteiger partial charge in [0.05, 0.1) is 16.3 Å². The fourth-order valence-electron chi connectivity index (χ4n) is 2.86. The molecule has 0 spiro atoms. The van der Waals surface area contributed by atoms with Crippen LogP contribution in [0.5, 0.6) is 0 Å². The number of H-pyrrole nitrogens is 1. The lowest BCUT2D eigenvalue weighted by Crippen LogP contribution is -2.34. The van der Waals surface area contributed by atoms with Crippen molar-refractivity contribution in [1.82, 2.24) is 20.1 Å². The molecule has 8 heteroatoms. The number of carbonyl (C=O) groups is 1. The molecule has 158 valence electrons. The maximum atomic E-state index is 14.4. The van der Waals surface area contributed by atoms with Crippen LogP contribution in [-0.2, 0) is 17.8 Å². The Hall–Kier alpha value is -2.93. The Labute approximate surface area is 179 Å². The highest BCUT2D eigenvalue weighted by atomic mass is 35.5. The van der Waals surface area contributed by atoms with Crippen molar-refractivity contribution in [1.29, 1.82) is 0 Å². The first kappa shape index (κ1) is 21.8. The lowest BCUT2D eigenvalue weighted by Gasteiger charge is -2.17. The average Bonchev–Trinajstić information content (AvgIpc) is 3.07. The molecule has 1 aromatic heterocycles. The largest absolute Gasteiger partial charge is 0.352 e. The number of halogens is 2. The van der Waals surface area contributed by atoms with Gasteiger partial charge in [-0.15, -0.1) is 5.10 Å². The Bertz CT molecular complexity index is 1140. The SMILES string of the molecule is CCc1ccc(-c2nn(-c3cc(CNC(=O)C(C)(C)C)ccc3Cl)c(=O)[nH]2)c(F)c1. The van der Waals surface area contributed by atoms with Crippen LogP contribution in [0.2, 0.25) is 5.02 Å². The molecule has 2 N–H and O–H groups in total. The average molecular weight is 431 g/mol. The number of aryl methyl sites for hydroxylation is 1. The first-order valence-electron chi connectivity index (χ1n) is 9.65. The number of aromatic amines is 1. The van der Waals surface area contributed by atoms with E-state index >= 15 is 0 Å². The van der Waals surface area contributed by atoms with Crippen LogP contribution < -0.4 is 11.0 Å². The zero-order chi connectivity index (χ0) is 22.1. The summed E-state index contributed by atoms with van der Waals surface area (Å²) in [4.78, 5) is 27.2.